The molecule has 0 aromatic carbocycles. The van der Waals surface area contributed by atoms with Gasteiger partial charge in [0, 0.05) is 11.8 Å². The Bertz CT molecular complexity index is 607. The van der Waals surface area contributed by atoms with Crippen LogP contribution in [0.25, 0.3) is 0 Å². The van der Waals surface area contributed by atoms with Crippen molar-refractivity contribution in [3.8, 4) is 0 Å². The summed E-state index contributed by atoms with van der Waals surface area (Å²) >= 11 is 0. The number of hydrogen-bond donors (Lipinski definition) is 4. The Morgan fingerprint density at radius 3 is 2.81 bits per heavy atom. The van der Waals surface area contributed by atoms with Crippen LogP contribution in [0.15, 0.2) is 15.9 Å². The third-order valence-corrected chi connectivity index (χ3v) is 2.70. The molecule has 0 fully saturated rings. The zero-order valence-corrected chi connectivity index (χ0v) is 11.7. The molecule has 0 saturated heterocycles. The molecular weight excluding hydrogens is 276 g/mol. The molecule has 1 aromatic rings. The van der Waals surface area contributed by atoms with Gasteiger partial charge < -0.3 is 21.1 Å². The number of pyridine rings is 1. The molecule has 0 saturated carbocycles. The molecule has 0 aliphatic rings. The number of nitrogens with zero attached hydrogens (tertiary/aromatic N) is 1. The molecule has 0 unspecified atom stereocenters. The van der Waals surface area contributed by atoms with Gasteiger partial charge in [-0.05, 0) is 12.8 Å². The van der Waals surface area contributed by atoms with E-state index < -0.39 is 23.9 Å². The van der Waals surface area contributed by atoms with E-state index in [-0.39, 0.29) is 11.4 Å². The summed E-state index contributed by atoms with van der Waals surface area (Å²) in [5.41, 5.74) is 5.09. The van der Waals surface area contributed by atoms with E-state index in [1.54, 1.807) is 0 Å². The van der Waals surface area contributed by atoms with Crippen molar-refractivity contribution >= 4 is 24.0 Å². The van der Waals surface area contributed by atoms with Gasteiger partial charge in [0.25, 0.3) is 5.91 Å². The van der Waals surface area contributed by atoms with E-state index in [0.29, 0.717) is 12.1 Å². The summed E-state index contributed by atoms with van der Waals surface area (Å²) in [6.45, 7) is 1.44. The highest BCUT2D eigenvalue weighted by Crippen LogP contribution is 2.14. The van der Waals surface area contributed by atoms with E-state index in [9.17, 15) is 14.4 Å². The summed E-state index contributed by atoms with van der Waals surface area (Å²) in [6, 6.07) is 1.32. The quantitative estimate of drug-likeness (QED) is 0.419. The highest BCUT2D eigenvalue weighted by molar-refractivity contribution is 5.99. The van der Waals surface area contributed by atoms with Crippen molar-refractivity contribution in [3.05, 3.63) is 27.5 Å². The van der Waals surface area contributed by atoms with Crippen molar-refractivity contribution in [2.24, 2.45) is 10.7 Å². The van der Waals surface area contributed by atoms with Crippen LogP contribution in [0.3, 0.4) is 0 Å². The fourth-order valence-corrected chi connectivity index (χ4v) is 1.73. The predicted octanol–water partition coefficient (Wildman–Crippen LogP) is 0.150. The Hall–Kier alpha value is -2.64. The number of aromatic amines is 1. The maximum atomic E-state index is 12.0. The zero-order valence-electron chi connectivity index (χ0n) is 11.7. The first-order valence-corrected chi connectivity index (χ1v) is 6.50. The molecule has 21 heavy (non-hydrogen) atoms. The van der Waals surface area contributed by atoms with Crippen LogP contribution in [-0.4, -0.2) is 34.9 Å². The number of rotatable bonds is 7. The average Bonchev–Trinajstić information content (AvgIpc) is 2.42. The van der Waals surface area contributed by atoms with Crippen molar-refractivity contribution in [3.63, 3.8) is 0 Å². The number of nitrogens with two attached hydrogens (primary N) is 1. The van der Waals surface area contributed by atoms with Crippen LogP contribution >= 0.6 is 0 Å². The number of nitrogens with one attached hydrogen (secondary N) is 2. The van der Waals surface area contributed by atoms with Crippen molar-refractivity contribution < 1.29 is 14.7 Å². The molecule has 0 aliphatic heterocycles. The van der Waals surface area contributed by atoms with Crippen LogP contribution in [0.2, 0.25) is 0 Å². The molecule has 114 valence electrons. The minimum atomic E-state index is -1.21. The van der Waals surface area contributed by atoms with Gasteiger partial charge in [-0.15, -0.1) is 0 Å². The van der Waals surface area contributed by atoms with E-state index in [1.165, 1.54) is 6.07 Å². The monoisotopic (exact) mass is 294 g/mol. The number of H-pyrrole nitrogens is 1. The molecule has 0 spiro atoms. The summed E-state index contributed by atoms with van der Waals surface area (Å²) in [4.78, 5) is 41.0. The van der Waals surface area contributed by atoms with Crippen molar-refractivity contribution in [1.82, 2.24) is 10.3 Å². The van der Waals surface area contributed by atoms with E-state index >= 15 is 0 Å². The van der Waals surface area contributed by atoms with Gasteiger partial charge in [0.2, 0.25) is 0 Å². The van der Waals surface area contributed by atoms with E-state index in [0.717, 1.165) is 19.2 Å². The smallest absolute Gasteiger partial charge is 0.322 e. The SMILES string of the molecule is CCCCc1cc(=O)c(C(=O)NCC(=O)O)c(N=CN)[nH]1. The predicted molar refractivity (Wildman–Crippen MR) is 78.0 cm³/mol. The lowest BCUT2D eigenvalue weighted by molar-refractivity contribution is -0.135. The topological polar surface area (TPSA) is 138 Å². The lowest BCUT2D eigenvalue weighted by atomic mass is 10.1. The highest BCUT2D eigenvalue weighted by Gasteiger charge is 2.17. The molecule has 0 radical (unpaired) electrons. The van der Waals surface area contributed by atoms with Crippen LogP contribution in [-0.2, 0) is 11.2 Å². The third-order valence-electron chi connectivity index (χ3n) is 2.70. The molecule has 1 amide bonds. The lowest BCUT2D eigenvalue weighted by Gasteiger charge is -2.08. The van der Waals surface area contributed by atoms with Gasteiger partial charge in [0.15, 0.2) is 5.43 Å². The number of hydrogen-bond acceptors (Lipinski definition) is 4. The molecule has 8 heteroatoms. The Balaban J connectivity index is 3.15. The third kappa shape index (κ3) is 4.75. The average molecular weight is 294 g/mol. The van der Waals surface area contributed by atoms with Gasteiger partial charge in [-0.1, -0.05) is 13.3 Å². The first kappa shape index (κ1) is 16.4. The number of carbonyl (C=O) groups excluding carboxylic acids is 1. The molecular formula is C13H18N4O4. The number of aliphatic imine (C=N–C) groups is 1. The number of aromatic nitrogens is 1. The normalized spacial score (nSPS) is 10.7. The second kappa shape index (κ2) is 7.83. The number of amides is 1. The van der Waals surface area contributed by atoms with Gasteiger partial charge in [-0.25, -0.2) is 4.99 Å². The first-order chi connectivity index (χ1) is 9.99. The molecule has 0 bridgehead atoms. The molecule has 1 aromatic heterocycles. The van der Waals surface area contributed by atoms with Crippen molar-refractivity contribution in [2.45, 2.75) is 26.2 Å². The lowest BCUT2D eigenvalue weighted by Crippen LogP contribution is -2.33. The van der Waals surface area contributed by atoms with E-state index in [1.807, 2.05) is 6.92 Å². The molecule has 0 aliphatic carbocycles. The minimum Gasteiger partial charge on any atom is -0.480 e. The number of aryl methyl sites for hydroxylation is 1. The summed E-state index contributed by atoms with van der Waals surface area (Å²) in [7, 11) is 0. The van der Waals surface area contributed by atoms with Gasteiger partial charge >= 0.3 is 5.97 Å². The highest BCUT2D eigenvalue weighted by atomic mass is 16.4. The number of carboxylic acids is 1. The largest absolute Gasteiger partial charge is 0.480 e. The first-order valence-electron chi connectivity index (χ1n) is 6.50. The molecule has 1 rings (SSSR count). The summed E-state index contributed by atoms with van der Waals surface area (Å²) in [6.07, 6.45) is 3.45. The van der Waals surface area contributed by atoms with Crippen LogP contribution in [0, 0.1) is 0 Å². The van der Waals surface area contributed by atoms with Crippen LogP contribution in [0.5, 0.6) is 0 Å². The number of aliphatic carboxylic acids is 1. The van der Waals surface area contributed by atoms with Gasteiger partial charge in [0.05, 0.1) is 6.34 Å². The number of unbranched alkanes of at least 4 members (excludes halogenated alkanes) is 1. The van der Waals surface area contributed by atoms with Crippen molar-refractivity contribution in [2.75, 3.05) is 6.54 Å². The fraction of sp³-hybridized carbons (Fsp3) is 0.385. The van der Waals surface area contributed by atoms with E-state index in [2.05, 4.69) is 15.3 Å². The molecule has 5 N–H and O–H groups in total. The molecule has 8 nitrogen and oxygen atoms in total. The van der Waals surface area contributed by atoms with Crippen LogP contribution < -0.4 is 16.5 Å². The number of carbonyl (C=O) groups is 2. The van der Waals surface area contributed by atoms with Gasteiger partial charge in [0.1, 0.15) is 17.9 Å². The van der Waals surface area contributed by atoms with Gasteiger partial charge in [-0.2, -0.15) is 0 Å². The Morgan fingerprint density at radius 1 is 1.52 bits per heavy atom. The minimum absolute atomic E-state index is 0.0268. The zero-order chi connectivity index (χ0) is 15.8. The number of carboxylic acid groups (broad SMARTS) is 1. The van der Waals surface area contributed by atoms with E-state index in [4.69, 9.17) is 10.8 Å². The molecule has 1 heterocycles. The second-order valence-corrected chi connectivity index (χ2v) is 4.34. The summed E-state index contributed by atoms with van der Waals surface area (Å²) in [5, 5.41) is 10.7. The Kier molecular flexibility index (Phi) is 6.12. The maximum Gasteiger partial charge on any atom is 0.322 e. The Morgan fingerprint density at radius 2 is 2.24 bits per heavy atom. The van der Waals surface area contributed by atoms with Gasteiger partial charge in [-0.3, -0.25) is 14.4 Å². The summed E-state index contributed by atoms with van der Waals surface area (Å²) in [5.74, 6) is -1.98. The van der Waals surface area contributed by atoms with Crippen LogP contribution in [0.4, 0.5) is 5.82 Å². The summed E-state index contributed by atoms with van der Waals surface area (Å²) < 4.78 is 0. The molecule has 0 atom stereocenters. The fourth-order valence-electron chi connectivity index (χ4n) is 1.73. The Labute approximate surface area is 121 Å². The van der Waals surface area contributed by atoms with Crippen LogP contribution in [0.1, 0.15) is 35.8 Å². The maximum absolute atomic E-state index is 12.0. The standard InChI is InChI=1S/C13H18N4O4/c1-2-3-4-8-5-9(18)11(12(17-8)16-7-14)13(21)15-6-10(19)20/h5,7H,2-4,6H2,1H3,(H,15,21)(H,19,20)(H3,14,16,17,18). The van der Waals surface area contributed by atoms with Crippen molar-refractivity contribution in [1.29, 1.82) is 0 Å². The second-order valence-electron chi connectivity index (χ2n) is 4.34.